The minimum atomic E-state index is -0.479. The molecule has 0 atom stereocenters. The SMILES string of the molecule is COc1cc(NC(=O)C(C)(C)C)c(C)c(OC)c1OC. The molecule has 0 aromatic heterocycles. The first-order valence-electron chi connectivity index (χ1n) is 6.37. The summed E-state index contributed by atoms with van der Waals surface area (Å²) in [7, 11) is 4.65. The Balaban J connectivity index is 3.31. The van der Waals surface area contributed by atoms with Gasteiger partial charge in [-0.05, 0) is 6.92 Å². The van der Waals surface area contributed by atoms with E-state index < -0.39 is 5.41 Å². The van der Waals surface area contributed by atoms with Gasteiger partial charge in [-0.2, -0.15) is 0 Å². The summed E-state index contributed by atoms with van der Waals surface area (Å²) in [5, 5.41) is 2.90. The minimum absolute atomic E-state index is 0.0742. The Hall–Kier alpha value is -1.91. The predicted octanol–water partition coefficient (Wildman–Crippen LogP) is 3.01. The molecule has 0 radical (unpaired) electrons. The molecule has 0 fully saturated rings. The van der Waals surface area contributed by atoms with E-state index in [-0.39, 0.29) is 5.91 Å². The zero-order chi connectivity index (χ0) is 15.5. The summed E-state index contributed by atoms with van der Waals surface area (Å²) in [6.45, 7) is 7.43. The van der Waals surface area contributed by atoms with Crippen LogP contribution >= 0.6 is 0 Å². The van der Waals surface area contributed by atoms with Crippen molar-refractivity contribution in [2.75, 3.05) is 26.6 Å². The molecule has 1 rings (SSSR count). The molecule has 1 amide bonds. The van der Waals surface area contributed by atoms with Gasteiger partial charge in [-0.25, -0.2) is 0 Å². The molecule has 0 bridgehead atoms. The number of nitrogens with one attached hydrogen (secondary N) is 1. The maximum absolute atomic E-state index is 12.1. The number of carbonyl (C=O) groups excluding carboxylic acids is 1. The van der Waals surface area contributed by atoms with Crippen LogP contribution < -0.4 is 19.5 Å². The van der Waals surface area contributed by atoms with E-state index in [4.69, 9.17) is 14.2 Å². The van der Waals surface area contributed by atoms with Crippen LogP contribution in [0, 0.1) is 12.3 Å². The number of hydrogen-bond acceptors (Lipinski definition) is 4. The van der Waals surface area contributed by atoms with E-state index in [2.05, 4.69) is 5.32 Å². The quantitative estimate of drug-likeness (QED) is 0.921. The number of ether oxygens (including phenoxy) is 3. The lowest BCUT2D eigenvalue weighted by atomic mass is 9.95. The highest BCUT2D eigenvalue weighted by molar-refractivity contribution is 5.96. The third-order valence-electron chi connectivity index (χ3n) is 3.01. The smallest absolute Gasteiger partial charge is 0.229 e. The van der Waals surface area contributed by atoms with Gasteiger partial charge in [0.1, 0.15) is 0 Å². The maximum Gasteiger partial charge on any atom is 0.229 e. The highest BCUT2D eigenvalue weighted by Crippen LogP contribution is 2.43. The summed E-state index contributed by atoms with van der Waals surface area (Å²) in [5.74, 6) is 1.51. The molecule has 1 N–H and O–H groups in total. The molecule has 0 saturated heterocycles. The standard InChI is InChI=1S/C15H23NO4/c1-9-10(16-14(17)15(2,3)4)8-11(18-5)13(20-7)12(9)19-6/h8H,1-7H3,(H,16,17). The zero-order valence-electron chi connectivity index (χ0n) is 13.2. The van der Waals surface area contributed by atoms with Gasteiger partial charge in [0.2, 0.25) is 11.7 Å². The Morgan fingerprint density at radius 2 is 1.60 bits per heavy atom. The first-order valence-corrected chi connectivity index (χ1v) is 6.37. The number of hydrogen-bond donors (Lipinski definition) is 1. The Kier molecular flexibility index (Phi) is 4.87. The van der Waals surface area contributed by atoms with Crippen molar-refractivity contribution >= 4 is 11.6 Å². The van der Waals surface area contributed by atoms with E-state index in [1.54, 1.807) is 27.4 Å². The van der Waals surface area contributed by atoms with Crippen LogP contribution in [0.15, 0.2) is 6.07 Å². The van der Waals surface area contributed by atoms with E-state index in [0.717, 1.165) is 5.56 Å². The molecule has 0 saturated carbocycles. The van der Waals surface area contributed by atoms with E-state index in [1.807, 2.05) is 27.7 Å². The molecular weight excluding hydrogens is 258 g/mol. The number of benzene rings is 1. The number of anilines is 1. The van der Waals surface area contributed by atoms with E-state index in [0.29, 0.717) is 22.9 Å². The van der Waals surface area contributed by atoms with Crippen LogP contribution in [-0.2, 0) is 4.79 Å². The largest absolute Gasteiger partial charge is 0.493 e. The summed E-state index contributed by atoms with van der Waals surface area (Å²) < 4.78 is 15.9. The van der Waals surface area contributed by atoms with Gasteiger partial charge in [-0.3, -0.25) is 4.79 Å². The van der Waals surface area contributed by atoms with Gasteiger partial charge >= 0.3 is 0 Å². The fourth-order valence-electron chi connectivity index (χ4n) is 1.74. The van der Waals surface area contributed by atoms with Gasteiger partial charge in [-0.1, -0.05) is 20.8 Å². The van der Waals surface area contributed by atoms with Gasteiger partial charge in [0, 0.05) is 17.0 Å². The van der Waals surface area contributed by atoms with E-state index in [9.17, 15) is 4.79 Å². The molecule has 5 nitrogen and oxygen atoms in total. The second kappa shape index (κ2) is 6.03. The van der Waals surface area contributed by atoms with Crippen LogP contribution in [0.2, 0.25) is 0 Å². The predicted molar refractivity (Wildman–Crippen MR) is 78.9 cm³/mol. The van der Waals surface area contributed by atoms with Crippen molar-refractivity contribution in [1.82, 2.24) is 0 Å². The van der Waals surface area contributed by atoms with Crippen LogP contribution in [0.1, 0.15) is 26.3 Å². The number of carbonyl (C=O) groups is 1. The molecule has 0 unspecified atom stereocenters. The molecular formula is C15H23NO4. The summed E-state index contributed by atoms with van der Waals surface area (Å²) in [6, 6.07) is 1.74. The fourth-order valence-corrected chi connectivity index (χ4v) is 1.74. The molecule has 0 aliphatic heterocycles. The second-order valence-corrected chi connectivity index (χ2v) is 5.52. The molecule has 5 heteroatoms. The third-order valence-corrected chi connectivity index (χ3v) is 3.01. The Morgan fingerprint density at radius 1 is 1.05 bits per heavy atom. The zero-order valence-corrected chi connectivity index (χ0v) is 13.2. The van der Waals surface area contributed by atoms with Crippen LogP contribution in [-0.4, -0.2) is 27.2 Å². The highest BCUT2D eigenvalue weighted by atomic mass is 16.5. The van der Waals surface area contributed by atoms with Crippen molar-refractivity contribution in [1.29, 1.82) is 0 Å². The van der Waals surface area contributed by atoms with Crippen molar-refractivity contribution in [3.8, 4) is 17.2 Å². The molecule has 112 valence electrons. The average molecular weight is 281 g/mol. The third kappa shape index (κ3) is 3.15. The Morgan fingerprint density at radius 3 is 2.00 bits per heavy atom. The molecule has 1 aromatic rings. The summed E-state index contributed by atoms with van der Waals surface area (Å²) in [4.78, 5) is 12.1. The van der Waals surface area contributed by atoms with E-state index >= 15 is 0 Å². The molecule has 0 spiro atoms. The normalized spacial score (nSPS) is 10.9. The lowest BCUT2D eigenvalue weighted by molar-refractivity contribution is -0.123. The minimum Gasteiger partial charge on any atom is -0.493 e. The summed E-state index contributed by atoms with van der Waals surface area (Å²) >= 11 is 0. The van der Waals surface area contributed by atoms with Gasteiger partial charge in [0.25, 0.3) is 0 Å². The Labute approximate surface area is 120 Å². The molecule has 0 aliphatic rings. The number of rotatable bonds is 4. The van der Waals surface area contributed by atoms with Gasteiger partial charge in [-0.15, -0.1) is 0 Å². The van der Waals surface area contributed by atoms with Gasteiger partial charge < -0.3 is 19.5 Å². The lowest BCUT2D eigenvalue weighted by Crippen LogP contribution is -2.28. The topological polar surface area (TPSA) is 56.8 Å². The molecule has 1 aromatic carbocycles. The summed E-state index contributed by atoms with van der Waals surface area (Å²) in [6.07, 6.45) is 0. The van der Waals surface area contributed by atoms with Crippen LogP contribution in [0.4, 0.5) is 5.69 Å². The monoisotopic (exact) mass is 281 g/mol. The van der Waals surface area contributed by atoms with Crippen molar-refractivity contribution < 1.29 is 19.0 Å². The summed E-state index contributed by atoms with van der Waals surface area (Å²) in [5.41, 5.74) is 0.967. The average Bonchev–Trinajstić information content (AvgIpc) is 2.38. The fraction of sp³-hybridized carbons (Fsp3) is 0.533. The van der Waals surface area contributed by atoms with Crippen LogP contribution in [0.25, 0.3) is 0 Å². The lowest BCUT2D eigenvalue weighted by Gasteiger charge is -2.21. The van der Waals surface area contributed by atoms with Crippen LogP contribution in [0.5, 0.6) is 17.2 Å². The number of amides is 1. The van der Waals surface area contributed by atoms with Gasteiger partial charge in [0.15, 0.2) is 11.5 Å². The van der Waals surface area contributed by atoms with Gasteiger partial charge in [0.05, 0.1) is 27.0 Å². The Bertz CT molecular complexity index is 504. The maximum atomic E-state index is 12.1. The molecule has 0 aliphatic carbocycles. The highest BCUT2D eigenvalue weighted by Gasteiger charge is 2.24. The first-order chi connectivity index (χ1) is 9.26. The van der Waals surface area contributed by atoms with Crippen molar-refractivity contribution in [2.24, 2.45) is 5.41 Å². The van der Waals surface area contributed by atoms with Crippen LogP contribution in [0.3, 0.4) is 0 Å². The number of methoxy groups -OCH3 is 3. The second-order valence-electron chi connectivity index (χ2n) is 5.52. The molecule has 0 heterocycles. The van der Waals surface area contributed by atoms with Crippen molar-refractivity contribution in [3.05, 3.63) is 11.6 Å². The van der Waals surface area contributed by atoms with Crippen molar-refractivity contribution in [2.45, 2.75) is 27.7 Å². The molecule has 20 heavy (non-hydrogen) atoms. The van der Waals surface area contributed by atoms with Crippen molar-refractivity contribution in [3.63, 3.8) is 0 Å². The van der Waals surface area contributed by atoms with E-state index in [1.165, 1.54) is 0 Å². The first kappa shape index (κ1) is 16.1.